The summed E-state index contributed by atoms with van der Waals surface area (Å²) in [6.07, 6.45) is 4.33. The second kappa shape index (κ2) is 15.8. The third kappa shape index (κ3) is 8.76. The Bertz CT molecular complexity index is 2170. The van der Waals surface area contributed by atoms with Gasteiger partial charge in [0.05, 0.1) is 40.2 Å². The molecule has 0 saturated heterocycles. The maximum absolute atomic E-state index is 13.5. The fourth-order valence-corrected chi connectivity index (χ4v) is 7.34. The molecule has 0 spiro atoms. The Kier molecular flexibility index (Phi) is 11.1. The number of anilines is 2. The molecule has 1 N–H and O–H groups in total. The van der Waals surface area contributed by atoms with E-state index in [1.54, 1.807) is 25.3 Å². The lowest BCUT2D eigenvalue weighted by Crippen LogP contribution is -2.14. The maximum atomic E-state index is 13.5. The summed E-state index contributed by atoms with van der Waals surface area (Å²) in [5, 5.41) is 7.13. The van der Waals surface area contributed by atoms with Crippen molar-refractivity contribution in [2.24, 2.45) is 0 Å². The second-order valence-corrected chi connectivity index (χ2v) is 14.7. The number of nitrogens with zero attached hydrogens (tertiary/aromatic N) is 4. The van der Waals surface area contributed by atoms with Crippen LogP contribution in [0, 0.1) is 5.82 Å². The van der Waals surface area contributed by atoms with Gasteiger partial charge in [-0.1, -0.05) is 18.2 Å². The van der Waals surface area contributed by atoms with E-state index in [9.17, 15) is 12.8 Å². The molecule has 3 aromatic heterocycles. The number of pyridine rings is 1. The van der Waals surface area contributed by atoms with Gasteiger partial charge in [0.2, 0.25) is 0 Å². The highest BCUT2D eigenvalue weighted by atomic mass is 79.9. The molecular formula is C35H31BrFN5O5S2. The molecule has 14 heteroatoms. The molecule has 0 amide bonds. The van der Waals surface area contributed by atoms with Crippen molar-refractivity contribution in [3.8, 4) is 22.8 Å². The summed E-state index contributed by atoms with van der Waals surface area (Å²) >= 11 is 5.12. The number of hydrogen-bond acceptors (Lipinski definition) is 11. The number of nitrogens with one attached hydrogen (secondary N) is 1. The van der Waals surface area contributed by atoms with Gasteiger partial charge in [-0.2, -0.15) is 0 Å². The van der Waals surface area contributed by atoms with Crippen LogP contribution in [-0.4, -0.2) is 54.4 Å². The summed E-state index contributed by atoms with van der Waals surface area (Å²) in [5.74, 6) is 1.43. The molecule has 3 aromatic carbocycles. The molecule has 0 atom stereocenters. The van der Waals surface area contributed by atoms with E-state index < -0.39 is 9.84 Å². The molecule has 0 radical (unpaired) electrons. The average molecular weight is 765 g/mol. The SMILES string of the molecule is COc1cc2ncnc(Nc3ccc(OCc4cccc(F)c4)c(Br)c3)c2cc1-c1csc(CCCOCCS(=O)(=O)c2ccccn2)n1. The standard InChI is InChI=1S/C35H31BrFN5O5S2/c1-45-32-19-29-27(35(40-22-39-29)41-25-10-11-31(28(36)17-25)47-20-23-6-4-7-24(37)16-23)18-26(32)30-21-48-33(42-30)8-5-13-46-14-15-49(43,44)34-9-2-3-12-38-34/h2-4,6-7,9-12,16-19,21-22H,5,8,13-15,20H2,1H3,(H,39,40,41). The average Bonchev–Trinajstić information content (AvgIpc) is 3.58. The van der Waals surface area contributed by atoms with E-state index in [4.69, 9.17) is 19.2 Å². The Morgan fingerprint density at radius 2 is 1.86 bits per heavy atom. The highest BCUT2D eigenvalue weighted by Gasteiger charge is 2.17. The number of halogens is 2. The van der Waals surface area contributed by atoms with Crippen LogP contribution in [0.1, 0.15) is 17.0 Å². The van der Waals surface area contributed by atoms with Gasteiger partial charge in [0.1, 0.15) is 36.1 Å². The van der Waals surface area contributed by atoms with Crippen molar-refractivity contribution in [3.63, 3.8) is 0 Å². The van der Waals surface area contributed by atoms with Crippen LogP contribution in [0.5, 0.6) is 11.5 Å². The number of fused-ring (bicyclic) bond motifs is 1. The third-order valence-electron chi connectivity index (χ3n) is 7.39. The second-order valence-electron chi connectivity index (χ2n) is 10.8. The Labute approximate surface area is 295 Å². The van der Waals surface area contributed by atoms with E-state index >= 15 is 0 Å². The van der Waals surface area contributed by atoms with E-state index in [-0.39, 0.29) is 29.8 Å². The summed E-state index contributed by atoms with van der Waals surface area (Å²) in [6, 6.07) is 20.5. The van der Waals surface area contributed by atoms with Gasteiger partial charge in [0, 0.05) is 47.3 Å². The molecule has 0 aliphatic carbocycles. The minimum absolute atomic E-state index is 0.0555. The van der Waals surface area contributed by atoms with Gasteiger partial charge in [0.15, 0.2) is 14.9 Å². The van der Waals surface area contributed by atoms with Crippen molar-refractivity contribution in [2.45, 2.75) is 24.5 Å². The summed E-state index contributed by atoms with van der Waals surface area (Å²) in [6.45, 7) is 0.741. The molecule has 0 aliphatic heterocycles. The molecule has 10 nitrogen and oxygen atoms in total. The normalized spacial score (nSPS) is 11.5. The van der Waals surface area contributed by atoms with E-state index in [0.717, 1.165) is 37.4 Å². The molecule has 0 fully saturated rings. The van der Waals surface area contributed by atoms with Crippen molar-refractivity contribution in [2.75, 3.05) is 31.4 Å². The lowest BCUT2D eigenvalue weighted by Gasteiger charge is -2.13. The number of hydrogen-bond donors (Lipinski definition) is 1. The molecule has 0 saturated carbocycles. The number of thiazole rings is 1. The first kappa shape index (κ1) is 34.4. The van der Waals surface area contributed by atoms with Crippen molar-refractivity contribution >= 4 is 59.5 Å². The van der Waals surface area contributed by atoms with Crippen LogP contribution >= 0.6 is 27.3 Å². The topological polar surface area (TPSA) is 125 Å². The molecule has 49 heavy (non-hydrogen) atoms. The smallest absolute Gasteiger partial charge is 0.197 e. The van der Waals surface area contributed by atoms with Crippen LogP contribution in [0.3, 0.4) is 0 Å². The van der Waals surface area contributed by atoms with E-state index in [1.165, 1.54) is 42.1 Å². The largest absolute Gasteiger partial charge is 0.496 e. The van der Waals surface area contributed by atoms with Crippen LogP contribution in [0.15, 0.2) is 100 Å². The first-order valence-electron chi connectivity index (χ1n) is 15.2. The minimum Gasteiger partial charge on any atom is -0.496 e. The van der Waals surface area contributed by atoms with E-state index in [2.05, 4.69) is 36.2 Å². The Balaban J connectivity index is 1.10. The fourth-order valence-electron chi connectivity index (χ4n) is 4.95. The lowest BCUT2D eigenvalue weighted by molar-refractivity contribution is 0.146. The summed E-state index contributed by atoms with van der Waals surface area (Å²) in [5.41, 5.74) is 3.77. The number of methoxy groups -OCH3 is 1. The first-order chi connectivity index (χ1) is 23.8. The third-order valence-corrected chi connectivity index (χ3v) is 10.5. The monoisotopic (exact) mass is 763 g/mol. The molecule has 0 aliphatic rings. The molecular weight excluding hydrogens is 733 g/mol. The number of rotatable bonds is 15. The van der Waals surface area contributed by atoms with Crippen molar-refractivity contribution in [1.82, 2.24) is 19.9 Å². The summed E-state index contributed by atoms with van der Waals surface area (Å²) < 4.78 is 56.2. The quantitative estimate of drug-likeness (QED) is 0.104. The molecule has 3 heterocycles. The number of benzene rings is 3. The summed E-state index contributed by atoms with van der Waals surface area (Å²) in [4.78, 5) is 17.7. The number of aryl methyl sites for hydroxylation is 1. The zero-order chi connectivity index (χ0) is 34.2. The van der Waals surface area contributed by atoms with Gasteiger partial charge < -0.3 is 19.5 Å². The summed E-state index contributed by atoms with van der Waals surface area (Å²) in [7, 11) is -1.86. The molecule has 0 bridgehead atoms. The molecule has 0 unspecified atom stereocenters. The first-order valence-corrected chi connectivity index (χ1v) is 18.5. The van der Waals surface area contributed by atoms with Crippen LogP contribution in [0.25, 0.3) is 22.2 Å². The van der Waals surface area contributed by atoms with E-state index in [1.807, 2.05) is 41.8 Å². The van der Waals surface area contributed by atoms with Crippen LogP contribution < -0.4 is 14.8 Å². The molecule has 252 valence electrons. The van der Waals surface area contributed by atoms with Gasteiger partial charge in [0.25, 0.3) is 0 Å². The highest BCUT2D eigenvalue weighted by molar-refractivity contribution is 9.10. The van der Waals surface area contributed by atoms with Crippen LogP contribution in [0.4, 0.5) is 15.9 Å². The predicted octanol–water partition coefficient (Wildman–Crippen LogP) is 7.80. The highest BCUT2D eigenvalue weighted by Crippen LogP contribution is 2.37. The van der Waals surface area contributed by atoms with Crippen LogP contribution in [-0.2, 0) is 27.6 Å². The molecule has 6 rings (SSSR count). The zero-order valence-corrected chi connectivity index (χ0v) is 29.5. The maximum Gasteiger partial charge on any atom is 0.197 e. The van der Waals surface area contributed by atoms with E-state index in [0.29, 0.717) is 42.3 Å². The van der Waals surface area contributed by atoms with Crippen molar-refractivity contribution in [1.29, 1.82) is 0 Å². The Morgan fingerprint density at radius 1 is 0.959 bits per heavy atom. The van der Waals surface area contributed by atoms with Gasteiger partial charge in [-0.05, 0) is 76.4 Å². The minimum atomic E-state index is -3.47. The van der Waals surface area contributed by atoms with Gasteiger partial charge in [-0.3, -0.25) is 0 Å². The van der Waals surface area contributed by atoms with Gasteiger partial charge >= 0.3 is 0 Å². The molecule has 6 aromatic rings. The van der Waals surface area contributed by atoms with Crippen molar-refractivity contribution < 1.29 is 27.0 Å². The number of ether oxygens (including phenoxy) is 3. The van der Waals surface area contributed by atoms with Gasteiger partial charge in [-0.25, -0.2) is 32.7 Å². The lowest BCUT2D eigenvalue weighted by atomic mass is 10.1. The number of sulfone groups is 1. The fraction of sp³-hybridized carbons (Fsp3) is 0.200. The van der Waals surface area contributed by atoms with Crippen LogP contribution in [0.2, 0.25) is 0 Å². The predicted molar refractivity (Wildman–Crippen MR) is 191 cm³/mol. The number of aromatic nitrogens is 4. The Hall–Kier alpha value is -4.50. The zero-order valence-electron chi connectivity index (χ0n) is 26.3. The van der Waals surface area contributed by atoms with Crippen molar-refractivity contribution in [3.05, 3.63) is 112 Å². The Morgan fingerprint density at radius 3 is 2.65 bits per heavy atom. The van der Waals surface area contributed by atoms with Gasteiger partial charge in [-0.15, -0.1) is 11.3 Å².